The van der Waals surface area contributed by atoms with Gasteiger partial charge in [0.1, 0.15) is 23.6 Å². The molecule has 43 heavy (non-hydrogen) atoms. The smallest absolute Gasteiger partial charge is 0.276 e. The lowest BCUT2D eigenvalue weighted by molar-refractivity contribution is -0.0592. The van der Waals surface area contributed by atoms with Crippen molar-refractivity contribution in [3.63, 3.8) is 0 Å². The van der Waals surface area contributed by atoms with Crippen LogP contribution in [0.25, 0.3) is 11.0 Å². The summed E-state index contributed by atoms with van der Waals surface area (Å²) < 4.78 is 60.4. The topological polar surface area (TPSA) is 80.1 Å². The first kappa shape index (κ1) is 30.2. The number of fused-ring (bicyclic) bond motifs is 8. The number of aromatic nitrogens is 3. The first-order valence-corrected chi connectivity index (χ1v) is 17.1. The number of hydrogen-bond acceptors (Lipinski definition) is 6. The van der Waals surface area contributed by atoms with Gasteiger partial charge in [0, 0.05) is 59.5 Å². The Morgan fingerprint density at radius 1 is 1.00 bits per heavy atom. The summed E-state index contributed by atoms with van der Waals surface area (Å²) in [7, 11) is -0.862. The molecular weight excluding hydrogens is 575 g/mol. The molecule has 4 aliphatic heterocycles. The van der Waals surface area contributed by atoms with Crippen LogP contribution in [0.3, 0.4) is 0 Å². The Morgan fingerprint density at radius 2 is 1.72 bits per heavy atom. The van der Waals surface area contributed by atoms with Crippen LogP contribution in [0, 0.1) is 11.7 Å². The molecule has 2 saturated heterocycles. The molecule has 7 rings (SSSR count). The Bertz CT molecular complexity index is 1550. The average Bonchev–Trinajstić information content (AvgIpc) is 2.96. The van der Waals surface area contributed by atoms with E-state index >= 15 is 13.2 Å². The number of nitrogens with one attached hydrogen (secondary N) is 1. The van der Waals surface area contributed by atoms with Crippen molar-refractivity contribution < 1.29 is 17.4 Å². The Balaban J connectivity index is 1.40. The van der Waals surface area contributed by atoms with Crippen molar-refractivity contribution in [1.29, 1.82) is 0 Å². The molecule has 0 aliphatic carbocycles. The maximum Gasteiger partial charge on any atom is 0.276 e. The van der Waals surface area contributed by atoms with E-state index in [-0.39, 0.29) is 29.4 Å². The van der Waals surface area contributed by atoms with Crippen LogP contribution in [0.15, 0.2) is 35.4 Å². The largest absolute Gasteiger partial charge is 0.363 e. The van der Waals surface area contributed by atoms with Crippen molar-refractivity contribution in [3.8, 4) is 0 Å². The molecule has 0 saturated carbocycles. The Labute approximate surface area is 252 Å². The number of pyridine rings is 1. The van der Waals surface area contributed by atoms with Crippen LogP contribution in [-0.4, -0.2) is 54.8 Å². The summed E-state index contributed by atoms with van der Waals surface area (Å²) in [6.07, 6.45) is 7.23. The van der Waals surface area contributed by atoms with Gasteiger partial charge in [0.25, 0.3) is 11.5 Å². The minimum Gasteiger partial charge on any atom is -0.363 e. The van der Waals surface area contributed by atoms with Gasteiger partial charge in [0.15, 0.2) is 0 Å². The van der Waals surface area contributed by atoms with Gasteiger partial charge in [0.2, 0.25) is 0 Å². The molecule has 11 heteroatoms. The number of halogens is 3. The van der Waals surface area contributed by atoms with E-state index in [4.69, 9.17) is 0 Å². The highest BCUT2D eigenvalue weighted by molar-refractivity contribution is 7.85. The lowest BCUT2D eigenvalue weighted by atomic mass is 9.88. The fraction of sp³-hybridized carbons (Fsp3) is 0.594. The van der Waals surface area contributed by atoms with Crippen LogP contribution in [0.1, 0.15) is 86.9 Å². The molecule has 8 bridgehead atoms. The maximum absolute atomic E-state index is 15.8. The van der Waals surface area contributed by atoms with E-state index in [9.17, 15) is 9.00 Å². The highest BCUT2D eigenvalue weighted by Gasteiger charge is 2.41. The molecule has 0 unspecified atom stereocenters. The molecule has 7 nitrogen and oxygen atoms in total. The Morgan fingerprint density at radius 3 is 2.49 bits per heavy atom. The molecule has 0 amide bonds. The number of hydrogen-bond donors (Lipinski definition) is 1. The van der Waals surface area contributed by atoms with Gasteiger partial charge >= 0.3 is 0 Å². The Hall–Kier alpha value is -2.79. The number of anilines is 1. The summed E-state index contributed by atoms with van der Waals surface area (Å²) in [5.74, 6) is -2.80. The minimum absolute atomic E-state index is 0.0154. The SMILES string of the molecule is C[C@H]1Nc2ncnc3c2cc(C2CCS(=O)CC2)c(=O)n3CCCCCCCN2CC(C2)CC(F)(F)c2cccc1c2F. The normalized spacial score (nSPS) is 28.4. The first-order chi connectivity index (χ1) is 20.7. The molecule has 1 N–H and O–H groups in total. The van der Waals surface area contributed by atoms with Gasteiger partial charge in [-0.2, -0.15) is 0 Å². The summed E-state index contributed by atoms with van der Waals surface area (Å²) in [5, 5.41) is 3.89. The molecule has 6 heterocycles. The lowest BCUT2D eigenvalue weighted by Crippen LogP contribution is -2.48. The summed E-state index contributed by atoms with van der Waals surface area (Å²) in [5.41, 5.74) is 0.648. The van der Waals surface area contributed by atoms with Crippen LogP contribution < -0.4 is 10.9 Å². The molecule has 2 fully saturated rings. The number of alkyl halides is 2. The van der Waals surface area contributed by atoms with Gasteiger partial charge < -0.3 is 10.2 Å². The second-order valence-electron chi connectivity index (χ2n) is 12.5. The van der Waals surface area contributed by atoms with Gasteiger partial charge in [-0.05, 0) is 57.1 Å². The van der Waals surface area contributed by atoms with E-state index in [0.717, 1.165) is 38.6 Å². The zero-order valence-corrected chi connectivity index (χ0v) is 25.5. The summed E-state index contributed by atoms with van der Waals surface area (Å²) in [4.78, 5) is 25.0. The van der Waals surface area contributed by atoms with E-state index in [2.05, 4.69) is 20.2 Å². The van der Waals surface area contributed by atoms with Crippen molar-refractivity contribution in [2.75, 3.05) is 36.5 Å². The van der Waals surface area contributed by atoms with Gasteiger partial charge in [-0.3, -0.25) is 13.6 Å². The third-order valence-corrected chi connectivity index (χ3v) is 10.8. The van der Waals surface area contributed by atoms with Crippen molar-refractivity contribution in [3.05, 3.63) is 63.5 Å². The predicted molar refractivity (Wildman–Crippen MR) is 164 cm³/mol. The van der Waals surface area contributed by atoms with Crippen LogP contribution in [0.4, 0.5) is 19.0 Å². The van der Waals surface area contributed by atoms with Crippen LogP contribution in [-0.2, 0) is 23.3 Å². The van der Waals surface area contributed by atoms with Gasteiger partial charge in [-0.25, -0.2) is 23.1 Å². The number of rotatable bonds is 1. The minimum atomic E-state index is -3.27. The molecule has 3 aromatic rings. The number of nitrogens with zero attached hydrogens (tertiary/aromatic N) is 4. The third-order valence-electron chi connectivity index (χ3n) is 9.41. The van der Waals surface area contributed by atoms with Gasteiger partial charge in [0.05, 0.1) is 17.0 Å². The quantitative estimate of drug-likeness (QED) is 0.356. The second kappa shape index (κ2) is 12.7. The zero-order chi connectivity index (χ0) is 30.1. The monoisotopic (exact) mass is 615 g/mol. The summed E-state index contributed by atoms with van der Waals surface area (Å²) in [6, 6.07) is 5.37. The van der Waals surface area contributed by atoms with Gasteiger partial charge in [-0.1, -0.05) is 37.5 Å². The highest BCUT2D eigenvalue weighted by atomic mass is 32.2. The van der Waals surface area contributed by atoms with Crippen molar-refractivity contribution in [2.45, 2.75) is 82.7 Å². The van der Waals surface area contributed by atoms with E-state index < -0.39 is 34.1 Å². The average molecular weight is 616 g/mol. The van der Waals surface area contributed by atoms with Crippen molar-refractivity contribution in [2.24, 2.45) is 5.92 Å². The van der Waals surface area contributed by atoms with Crippen molar-refractivity contribution in [1.82, 2.24) is 19.4 Å². The zero-order valence-electron chi connectivity index (χ0n) is 24.7. The summed E-state index contributed by atoms with van der Waals surface area (Å²) in [6.45, 7) is 4.37. The third kappa shape index (κ3) is 6.38. The first-order valence-electron chi connectivity index (χ1n) is 15.6. The van der Waals surface area contributed by atoms with E-state index in [0.29, 0.717) is 66.4 Å². The van der Waals surface area contributed by atoms with Crippen LogP contribution >= 0.6 is 0 Å². The van der Waals surface area contributed by atoms with Crippen molar-refractivity contribution >= 4 is 27.7 Å². The predicted octanol–water partition coefficient (Wildman–Crippen LogP) is 6.11. The molecule has 1 atom stereocenters. The van der Waals surface area contributed by atoms with E-state index in [1.807, 2.05) is 6.07 Å². The number of benzene rings is 1. The fourth-order valence-electron chi connectivity index (χ4n) is 6.97. The molecule has 4 aliphatic rings. The highest BCUT2D eigenvalue weighted by Crippen LogP contribution is 2.40. The second-order valence-corrected chi connectivity index (χ2v) is 14.2. The fourth-order valence-corrected chi connectivity index (χ4v) is 8.27. The lowest BCUT2D eigenvalue weighted by Gasteiger charge is -2.41. The van der Waals surface area contributed by atoms with E-state index in [1.54, 1.807) is 11.5 Å². The van der Waals surface area contributed by atoms with Crippen LogP contribution in [0.2, 0.25) is 0 Å². The molecule has 0 radical (unpaired) electrons. The molecule has 1 aromatic carbocycles. The molecule has 0 spiro atoms. The van der Waals surface area contributed by atoms with Gasteiger partial charge in [-0.15, -0.1) is 0 Å². The molecule has 2 aromatic heterocycles. The maximum atomic E-state index is 15.8. The number of aryl methyl sites for hydroxylation is 1. The molecular formula is C32H40F3N5O2S. The summed E-state index contributed by atoms with van der Waals surface area (Å²) >= 11 is 0. The van der Waals surface area contributed by atoms with Crippen LogP contribution in [0.5, 0.6) is 0 Å². The molecule has 232 valence electrons. The van der Waals surface area contributed by atoms with E-state index in [1.165, 1.54) is 24.5 Å². The Kier molecular flexibility index (Phi) is 8.91. The standard InChI is InChI=1S/C32H40F3N5O2S/c1-21-24-8-7-9-27(28(24)33)32(34,35)17-22-18-39(19-22)12-5-3-2-4-6-13-40-30-26(29(38-21)36-20-37-30)16-25(31(40)41)23-10-14-43(42)15-11-23/h7-9,16,20-23H,2-6,10-15,17-19H2,1H3,(H,36,37,38)/t21-,23?,43?/m1/s1.